The summed E-state index contributed by atoms with van der Waals surface area (Å²) in [5.74, 6) is -0.282. The second-order valence-electron chi connectivity index (χ2n) is 4.34. The summed E-state index contributed by atoms with van der Waals surface area (Å²) in [5, 5.41) is 8.87. The van der Waals surface area contributed by atoms with Crippen LogP contribution in [0.4, 0.5) is 11.4 Å². The van der Waals surface area contributed by atoms with Crippen LogP contribution in [-0.2, 0) is 16.4 Å². The summed E-state index contributed by atoms with van der Waals surface area (Å²) in [7, 11) is -3.51. The van der Waals surface area contributed by atoms with Crippen LogP contribution < -0.4 is 10.0 Å². The Balaban J connectivity index is 3.32. The van der Waals surface area contributed by atoms with Gasteiger partial charge in [-0.1, -0.05) is 13.0 Å². The molecule has 0 saturated heterocycles. The number of benzene rings is 1. The Morgan fingerprint density at radius 3 is 2.42 bits per heavy atom. The predicted octanol–water partition coefficient (Wildman–Crippen LogP) is 1.29. The number of rotatable bonds is 6. The average Bonchev–Trinajstić information content (AvgIpc) is 2.35. The molecular weight excluding hydrogens is 264 g/mol. The van der Waals surface area contributed by atoms with E-state index < -0.39 is 10.0 Å². The van der Waals surface area contributed by atoms with Gasteiger partial charge in [-0.25, -0.2) is 8.42 Å². The molecule has 0 amide bonds. The quantitative estimate of drug-likeness (QED) is 0.772. The van der Waals surface area contributed by atoms with Crippen LogP contribution in [0.15, 0.2) is 12.1 Å². The van der Waals surface area contributed by atoms with E-state index in [9.17, 15) is 8.42 Å². The molecule has 0 bridgehead atoms. The first-order valence-corrected chi connectivity index (χ1v) is 7.99. The number of aryl methyl sites for hydroxylation is 1. The van der Waals surface area contributed by atoms with E-state index in [2.05, 4.69) is 0 Å². The molecule has 1 rings (SSSR count). The fourth-order valence-electron chi connectivity index (χ4n) is 2.09. The lowest BCUT2D eigenvalue weighted by molar-refractivity contribution is 0.319. The standard InChI is InChI=1S/C13H22N2O3S/c1-4-11-6-7-12(10(3)13(11)14)15(5-2)19(17,18)9-8-16/h6-7,16H,4-5,8-9,14H2,1-3H3. The number of nitrogen functional groups attached to an aromatic ring is 1. The first kappa shape index (κ1) is 15.8. The maximum Gasteiger partial charge on any atom is 0.237 e. The van der Waals surface area contributed by atoms with Crippen molar-refractivity contribution in [2.24, 2.45) is 0 Å². The van der Waals surface area contributed by atoms with Crippen molar-refractivity contribution in [1.82, 2.24) is 0 Å². The minimum Gasteiger partial charge on any atom is -0.398 e. The fourth-order valence-corrected chi connectivity index (χ4v) is 3.44. The highest BCUT2D eigenvalue weighted by Gasteiger charge is 2.22. The smallest absolute Gasteiger partial charge is 0.237 e. The zero-order chi connectivity index (χ0) is 14.6. The molecule has 0 aliphatic heterocycles. The van der Waals surface area contributed by atoms with Gasteiger partial charge in [0.05, 0.1) is 18.0 Å². The number of anilines is 2. The summed E-state index contributed by atoms with van der Waals surface area (Å²) in [6.07, 6.45) is 0.808. The van der Waals surface area contributed by atoms with Crippen LogP contribution in [0, 0.1) is 6.92 Å². The summed E-state index contributed by atoms with van der Waals surface area (Å²) >= 11 is 0. The molecule has 108 valence electrons. The molecular formula is C13H22N2O3S. The molecule has 0 atom stereocenters. The lowest BCUT2D eigenvalue weighted by atomic mass is 10.0. The zero-order valence-corrected chi connectivity index (χ0v) is 12.5. The Hall–Kier alpha value is -1.27. The van der Waals surface area contributed by atoms with Crippen molar-refractivity contribution in [1.29, 1.82) is 0 Å². The molecule has 0 fully saturated rings. The van der Waals surface area contributed by atoms with Gasteiger partial charge in [0.15, 0.2) is 0 Å². The monoisotopic (exact) mass is 286 g/mol. The number of nitrogens with two attached hydrogens (primary N) is 1. The van der Waals surface area contributed by atoms with Crippen LogP contribution in [0.25, 0.3) is 0 Å². The van der Waals surface area contributed by atoms with E-state index in [4.69, 9.17) is 10.8 Å². The third-order valence-electron chi connectivity index (χ3n) is 3.20. The summed E-state index contributed by atoms with van der Waals surface area (Å²) in [6.45, 7) is 5.51. The molecule has 0 aromatic heterocycles. The molecule has 0 spiro atoms. The van der Waals surface area contributed by atoms with Gasteiger partial charge in [0.2, 0.25) is 10.0 Å². The number of nitrogens with zero attached hydrogens (tertiary/aromatic N) is 1. The number of hydrogen-bond donors (Lipinski definition) is 2. The topological polar surface area (TPSA) is 83.6 Å². The molecule has 0 radical (unpaired) electrons. The van der Waals surface area contributed by atoms with E-state index in [0.29, 0.717) is 17.9 Å². The van der Waals surface area contributed by atoms with Gasteiger partial charge in [0, 0.05) is 12.2 Å². The van der Waals surface area contributed by atoms with Crippen molar-refractivity contribution in [2.45, 2.75) is 27.2 Å². The fraction of sp³-hybridized carbons (Fsp3) is 0.538. The van der Waals surface area contributed by atoms with Crippen molar-refractivity contribution < 1.29 is 13.5 Å². The normalized spacial score (nSPS) is 11.6. The first-order valence-electron chi connectivity index (χ1n) is 6.38. The summed E-state index contributed by atoms with van der Waals surface area (Å²) < 4.78 is 25.5. The van der Waals surface area contributed by atoms with Crippen LogP contribution >= 0.6 is 0 Å². The van der Waals surface area contributed by atoms with Gasteiger partial charge >= 0.3 is 0 Å². The molecule has 5 nitrogen and oxygen atoms in total. The van der Waals surface area contributed by atoms with E-state index in [1.54, 1.807) is 13.0 Å². The molecule has 1 aromatic rings. The van der Waals surface area contributed by atoms with Gasteiger partial charge in [0.25, 0.3) is 0 Å². The van der Waals surface area contributed by atoms with Gasteiger partial charge in [-0.15, -0.1) is 0 Å². The summed E-state index contributed by atoms with van der Waals surface area (Å²) in [5.41, 5.74) is 9.04. The third kappa shape index (κ3) is 3.19. The Morgan fingerprint density at radius 1 is 1.32 bits per heavy atom. The van der Waals surface area contributed by atoms with Crippen LogP contribution in [0.3, 0.4) is 0 Å². The second kappa shape index (κ2) is 6.25. The van der Waals surface area contributed by atoms with Gasteiger partial charge in [-0.3, -0.25) is 4.31 Å². The highest BCUT2D eigenvalue weighted by molar-refractivity contribution is 7.92. The van der Waals surface area contributed by atoms with E-state index in [0.717, 1.165) is 17.5 Å². The molecule has 19 heavy (non-hydrogen) atoms. The highest BCUT2D eigenvalue weighted by atomic mass is 32.2. The molecule has 0 unspecified atom stereocenters. The first-order chi connectivity index (χ1) is 8.88. The van der Waals surface area contributed by atoms with Crippen molar-refractivity contribution in [3.05, 3.63) is 23.3 Å². The van der Waals surface area contributed by atoms with Gasteiger partial charge in [0.1, 0.15) is 0 Å². The Bertz CT molecular complexity index is 541. The van der Waals surface area contributed by atoms with E-state index in [-0.39, 0.29) is 12.4 Å². The molecule has 1 aromatic carbocycles. The van der Waals surface area contributed by atoms with Crippen LogP contribution in [-0.4, -0.2) is 32.4 Å². The van der Waals surface area contributed by atoms with Crippen LogP contribution in [0.5, 0.6) is 0 Å². The summed E-state index contributed by atoms with van der Waals surface area (Å²) in [4.78, 5) is 0. The van der Waals surface area contributed by atoms with E-state index in [1.165, 1.54) is 4.31 Å². The second-order valence-corrected chi connectivity index (χ2v) is 6.35. The average molecular weight is 286 g/mol. The molecule has 0 heterocycles. The predicted molar refractivity (Wildman–Crippen MR) is 78.9 cm³/mol. The lowest BCUT2D eigenvalue weighted by Crippen LogP contribution is -2.34. The zero-order valence-electron chi connectivity index (χ0n) is 11.7. The van der Waals surface area contributed by atoms with Crippen LogP contribution in [0.1, 0.15) is 25.0 Å². The minimum atomic E-state index is -3.51. The lowest BCUT2D eigenvalue weighted by Gasteiger charge is -2.25. The molecule has 0 aliphatic rings. The minimum absolute atomic E-state index is 0.282. The number of aliphatic hydroxyl groups excluding tert-OH is 1. The molecule has 3 N–H and O–H groups in total. The number of sulfonamides is 1. The van der Waals surface area contributed by atoms with Gasteiger partial charge in [-0.2, -0.15) is 0 Å². The molecule has 0 saturated carbocycles. The Morgan fingerprint density at radius 2 is 1.95 bits per heavy atom. The third-order valence-corrected chi connectivity index (χ3v) is 5.02. The molecule has 6 heteroatoms. The van der Waals surface area contributed by atoms with Crippen molar-refractivity contribution in [3.8, 4) is 0 Å². The van der Waals surface area contributed by atoms with Crippen molar-refractivity contribution in [3.63, 3.8) is 0 Å². The van der Waals surface area contributed by atoms with Gasteiger partial charge < -0.3 is 10.8 Å². The summed E-state index contributed by atoms with van der Waals surface area (Å²) in [6, 6.07) is 3.64. The van der Waals surface area contributed by atoms with E-state index >= 15 is 0 Å². The number of aliphatic hydroxyl groups is 1. The highest BCUT2D eigenvalue weighted by Crippen LogP contribution is 2.30. The van der Waals surface area contributed by atoms with Crippen molar-refractivity contribution in [2.75, 3.05) is 28.9 Å². The molecule has 0 aliphatic carbocycles. The Labute approximate surface area is 115 Å². The van der Waals surface area contributed by atoms with Crippen LogP contribution in [0.2, 0.25) is 0 Å². The largest absolute Gasteiger partial charge is 0.398 e. The van der Waals surface area contributed by atoms with Gasteiger partial charge in [-0.05, 0) is 37.5 Å². The Kier molecular flexibility index (Phi) is 5.20. The van der Waals surface area contributed by atoms with E-state index in [1.807, 2.05) is 19.9 Å². The number of hydrogen-bond acceptors (Lipinski definition) is 4. The maximum atomic E-state index is 12.1. The SMILES string of the molecule is CCc1ccc(N(CC)S(=O)(=O)CCO)c(C)c1N. The van der Waals surface area contributed by atoms with Crippen molar-refractivity contribution >= 4 is 21.4 Å². The maximum absolute atomic E-state index is 12.1.